The number of benzene rings is 1. The lowest BCUT2D eigenvalue weighted by molar-refractivity contribution is -0.135. The fraction of sp³-hybridized carbons (Fsp3) is 0.562. The molecule has 2 unspecified atom stereocenters. The predicted octanol–water partition coefficient (Wildman–Crippen LogP) is 2.30. The van der Waals surface area contributed by atoms with Crippen molar-refractivity contribution >= 4 is 18.3 Å². The van der Waals surface area contributed by atoms with Crippen LogP contribution in [-0.4, -0.2) is 31.7 Å². The highest BCUT2D eigenvalue weighted by Crippen LogP contribution is 2.32. The van der Waals surface area contributed by atoms with E-state index in [0.717, 1.165) is 12.1 Å². The Bertz CT molecular complexity index is 439. The van der Waals surface area contributed by atoms with Crippen LogP contribution in [0.3, 0.4) is 0 Å². The van der Waals surface area contributed by atoms with Gasteiger partial charge in [-0.1, -0.05) is 51.1 Å². The van der Waals surface area contributed by atoms with E-state index in [1.807, 2.05) is 18.2 Å². The summed E-state index contributed by atoms with van der Waals surface area (Å²) in [7, 11) is 0. The van der Waals surface area contributed by atoms with Gasteiger partial charge in [0, 0.05) is 13.1 Å². The van der Waals surface area contributed by atoms with Crippen LogP contribution in [0.25, 0.3) is 0 Å². The van der Waals surface area contributed by atoms with E-state index in [1.54, 1.807) is 0 Å². The number of nitrogens with one attached hydrogen (secondary N) is 2. The number of hydrogen-bond acceptors (Lipinski definition) is 3. The fourth-order valence-corrected chi connectivity index (χ4v) is 2.41. The maximum absolute atomic E-state index is 12.4. The van der Waals surface area contributed by atoms with Gasteiger partial charge in [0.2, 0.25) is 0 Å². The number of halogens is 1. The van der Waals surface area contributed by atoms with E-state index in [4.69, 9.17) is 4.74 Å². The molecule has 0 spiro atoms. The van der Waals surface area contributed by atoms with E-state index in [9.17, 15) is 4.79 Å². The Labute approximate surface area is 133 Å². The van der Waals surface area contributed by atoms with Gasteiger partial charge in [-0.2, -0.15) is 0 Å². The molecule has 1 saturated heterocycles. The summed E-state index contributed by atoms with van der Waals surface area (Å²) in [5, 5.41) is 6.32. The van der Waals surface area contributed by atoms with E-state index in [0.29, 0.717) is 13.2 Å². The summed E-state index contributed by atoms with van der Waals surface area (Å²) in [4.78, 5) is 12.4. The Kier molecular flexibility index (Phi) is 6.65. The lowest BCUT2D eigenvalue weighted by atomic mass is 9.82. The molecular formula is C16H25ClN2O2. The molecule has 1 heterocycles. The van der Waals surface area contributed by atoms with E-state index in [2.05, 4.69) is 43.5 Å². The molecule has 2 rings (SSSR count). The van der Waals surface area contributed by atoms with Gasteiger partial charge in [-0.3, -0.25) is 4.79 Å². The van der Waals surface area contributed by atoms with E-state index in [1.165, 1.54) is 0 Å². The van der Waals surface area contributed by atoms with Crippen molar-refractivity contribution < 1.29 is 9.53 Å². The molecule has 0 saturated carbocycles. The van der Waals surface area contributed by atoms with Crippen molar-refractivity contribution in [2.75, 3.05) is 19.7 Å². The zero-order valence-corrected chi connectivity index (χ0v) is 13.7. The first-order chi connectivity index (χ1) is 9.48. The standard InChI is InChI=1S/C16H24N2O2.ClH/c1-16(2,3)14(12-7-5-4-6-8-12)18-15(19)13-11-17-9-10-20-13;/h4-8,13-14,17H,9-11H2,1-3H3,(H,18,19);1H. The van der Waals surface area contributed by atoms with Crippen LogP contribution in [0.4, 0.5) is 0 Å². The van der Waals surface area contributed by atoms with Gasteiger partial charge in [0.05, 0.1) is 12.6 Å². The number of amides is 1. The third kappa shape index (κ3) is 4.99. The van der Waals surface area contributed by atoms with E-state index in [-0.39, 0.29) is 29.8 Å². The molecule has 1 aliphatic rings. The quantitative estimate of drug-likeness (QED) is 0.900. The average molecular weight is 313 g/mol. The number of ether oxygens (including phenoxy) is 1. The van der Waals surface area contributed by atoms with Gasteiger partial charge in [0.1, 0.15) is 6.10 Å². The topological polar surface area (TPSA) is 50.4 Å². The minimum Gasteiger partial charge on any atom is -0.366 e. The Hall–Kier alpha value is -1.10. The van der Waals surface area contributed by atoms with Crippen molar-refractivity contribution in [2.45, 2.75) is 32.9 Å². The fourth-order valence-electron chi connectivity index (χ4n) is 2.41. The number of morpholine rings is 1. The molecule has 1 aromatic carbocycles. The van der Waals surface area contributed by atoms with Gasteiger partial charge in [-0.25, -0.2) is 0 Å². The summed E-state index contributed by atoms with van der Waals surface area (Å²) in [6.07, 6.45) is -0.391. The molecule has 5 heteroatoms. The number of carbonyl (C=O) groups excluding carboxylic acids is 1. The number of carbonyl (C=O) groups is 1. The van der Waals surface area contributed by atoms with Crippen LogP contribution in [0, 0.1) is 5.41 Å². The van der Waals surface area contributed by atoms with Crippen LogP contribution in [0.2, 0.25) is 0 Å². The highest BCUT2D eigenvalue weighted by atomic mass is 35.5. The monoisotopic (exact) mass is 312 g/mol. The summed E-state index contributed by atoms with van der Waals surface area (Å²) in [6, 6.07) is 10.1. The molecule has 1 aromatic rings. The molecule has 1 fully saturated rings. The molecule has 4 nitrogen and oxygen atoms in total. The van der Waals surface area contributed by atoms with Crippen LogP contribution in [-0.2, 0) is 9.53 Å². The van der Waals surface area contributed by atoms with Gasteiger partial charge < -0.3 is 15.4 Å². The van der Waals surface area contributed by atoms with E-state index >= 15 is 0 Å². The summed E-state index contributed by atoms with van der Waals surface area (Å²) in [5.74, 6) is -0.0408. The predicted molar refractivity (Wildman–Crippen MR) is 86.6 cm³/mol. The van der Waals surface area contributed by atoms with Crippen molar-refractivity contribution in [3.05, 3.63) is 35.9 Å². The average Bonchev–Trinajstić information content (AvgIpc) is 2.45. The first kappa shape index (κ1) is 18.0. The zero-order valence-electron chi connectivity index (χ0n) is 12.9. The van der Waals surface area contributed by atoms with Gasteiger partial charge in [-0.05, 0) is 11.0 Å². The summed E-state index contributed by atoms with van der Waals surface area (Å²) >= 11 is 0. The van der Waals surface area contributed by atoms with Gasteiger partial charge in [0.25, 0.3) is 5.91 Å². The van der Waals surface area contributed by atoms with E-state index < -0.39 is 6.10 Å². The van der Waals surface area contributed by atoms with Crippen molar-refractivity contribution in [1.82, 2.24) is 10.6 Å². The third-order valence-corrected chi connectivity index (χ3v) is 3.51. The molecule has 2 atom stereocenters. The first-order valence-electron chi connectivity index (χ1n) is 7.16. The molecule has 0 radical (unpaired) electrons. The molecule has 0 bridgehead atoms. The number of rotatable bonds is 3. The molecule has 1 aliphatic heterocycles. The molecule has 2 N–H and O–H groups in total. The molecule has 0 aromatic heterocycles. The molecule has 118 valence electrons. The Morgan fingerprint density at radius 3 is 2.52 bits per heavy atom. The van der Waals surface area contributed by atoms with Gasteiger partial charge in [0.15, 0.2) is 0 Å². The highest BCUT2D eigenvalue weighted by molar-refractivity contribution is 5.85. The lowest BCUT2D eigenvalue weighted by Crippen LogP contribution is -2.50. The minimum atomic E-state index is -0.391. The Morgan fingerprint density at radius 1 is 1.33 bits per heavy atom. The highest BCUT2D eigenvalue weighted by Gasteiger charge is 2.31. The molecule has 1 amide bonds. The largest absolute Gasteiger partial charge is 0.366 e. The summed E-state index contributed by atoms with van der Waals surface area (Å²) < 4.78 is 5.51. The maximum atomic E-state index is 12.4. The summed E-state index contributed by atoms with van der Waals surface area (Å²) in [6.45, 7) is 8.37. The Morgan fingerprint density at radius 2 is 2.00 bits per heavy atom. The normalized spacial score (nSPS) is 20.2. The summed E-state index contributed by atoms with van der Waals surface area (Å²) in [5.41, 5.74) is 1.07. The van der Waals surface area contributed by atoms with Crippen molar-refractivity contribution in [3.63, 3.8) is 0 Å². The van der Waals surface area contributed by atoms with Gasteiger partial charge in [-0.15, -0.1) is 12.4 Å². The van der Waals surface area contributed by atoms with Crippen molar-refractivity contribution in [3.8, 4) is 0 Å². The lowest BCUT2D eigenvalue weighted by Gasteiger charge is -2.34. The van der Waals surface area contributed by atoms with Crippen LogP contribution < -0.4 is 10.6 Å². The molecular weight excluding hydrogens is 288 g/mol. The van der Waals surface area contributed by atoms with Crippen LogP contribution in [0.5, 0.6) is 0 Å². The first-order valence-corrected chi connectivity index (χ1v) is 7.16. The zero-order chi connectivity index (χ0) is 14.6. The maximum Gasteiger partial charge on any atom is 0.250 e. The Balaban J connectivity index is 0.00000220. The number of hydrogen-bond donors (Lipinski definition) is 2. The second-order valence-electron chi connectivity index (χ2n) is 6.28. The second-order valence-corrected chi connectivity index (χ2v) is 6.28. The van der Waals surface area contributed by atoms with Crippen molar-refractivity contribution in [1.29, 1.82) is 0 Å². The van der Waals surface area contributed by atoms with Crippen LogP contribution in [0.15, 0.2) is 30.3 Å². The van der Waals surface area contributed by atoms with Crippen molar-refractivity contribution in [2.24, 2.45) is 5.41 Å². The third-order valence-electron chi connectivity index (χ3n) is 3.51. The van der Waals surface area contributed by atoms with Gasteiger partial charge >= 0.3 is 0 Å². The molecule has 0 aliphatic carbocycles. The van der Waals surface area contributed by atoms with Crippen LogP contribution >= 0.6 is 12.4 Å². The molecule has 21 heavy (non-hydrogen) atoms. The SMILES string of the molecule is CC(C)(C)C(NC(=O)C1CNCCO1)c1ccccc1.Cl. The minimum absolute atomic E-state index is 0. The second kappa shape index (κ2) is 7.78. The van der Waals surface area contributed by atoms with Crippen LogP contribution in [0.1, 0.15) is 32.4 Å². The smallest absolute Gasteiger partial charge is 0.250 e.